The Morgan fingerprint density at radius 3 is 2.72 bits per heavy atom. The Balaban J connectivity index is 1.69. The Morgan fingerprint density at radius 2 is 2.03 bits per heavy atom. The summed E-state index contributed by atoms with van der Waals surface area (Å²) >= 11 is 3.48. The summed E-state index contributed by atoms with van der Waals surface area (Å²) in [5.41, 5.74) is 7.54. The van der Waals surface area contributed by atoms with Gasteiger partial charge in [0.15, 0.2) is 17.0 Å². The number of nitrogens with one attached hydrogen (secondary N) is 1. The summed E-state index contributed by atoms with van der Waals surface area (Å²) in [4.78, 5) is 24.8. The molecule has 0 unspecified atom stereocenters. The topological polar surface area (TPSA) is 126 Å². The maximum atomic E-state index is 11.7. The van der Waals surface area contributed by atoms with E-state index in [4.69, 9.17) is 19.9 Å². The van der Waals surface area contributed by atoms with E-state index in [9.17, 15) is 4.79 Å². The first kappa shape index (κ1) is 23.6. The number of imidazole rings is 1. The number of methoxy groups -OCH3 is 1. The van der Waals surface area contributed by atoms with Gasteiger partial charge in [0.25, 0.3) is 6.01 Å². The molecule has 0 saturated carbocycles. The number of benzene rings is 1. The molecule has 0 atom stereocenters. The Kier molecular flexibility index (Phi) is 7.39. The van der Waals surface area contributed by atoms with Crippen molar-refractivity contribution in [3.63, 3.8) is 0 Å². The van der Waals surface area contributed by atoms with Gasteiger partial charge in [-0.25, -0.2) is 4.79 Å². The zero-order valence-electron chi connectivity index (χ0n) is 18.5. The van der Waals surface area contributed by atoms with Crippen molar-refractivity contribution >= 4 is 39.0 Å². The first-order valence-electron chi connectivity index (χ1n) is 10.1. The predicted molar refractivity (Wildman–Crippen MR) is 124 cm³/mol. The van der Waals surface area contributed by atoms with Crippen LogP contribution >= 0.6 is 15.9 Å². The number of halogens is 1. The van der Waals surface area contributed by atoms with Crippen LogP contribution in [0, 0.1) is 0 Å². The maximum Gasteiger partial charge on any atom is 0.407 e. The van der Waals surface area contributed by atoms with Crippen molar-refractivity contribution < 1.29 is 19.0 Å². The molecule has 172 valence electrons. The van der Waals surface area contributed by atoms with Crippen LogP contribution in [-0.2, 0) is 11.3 Å². The number of nitrogens with two attached hydrogens (primary N) is 1. The van der Waals surface area contributed by atoms with Crippen LogP contribution in [0.4, 0.5) is 10.6 Å². The van der Waals surface area contributed by atoms with Crippen LogP contribution in [0.3, 0.4) is 0 Å². The van der Waals surface area contributed by atoms with E-state index in [1.807, 2.05) is 49.6 Å². The Labute approximate surface area is 194 Å². The van der Waals surface area contributed by atoms with E-state index in [1.165, 1.54) is 7.11 Å². The molecule has 3 rings (SSSR count). The van der Waals surface area contributed by atoms with Gasteiger partial charge in [0.2, 0.25) is 0 Å². The number of ether oxygens (including phenoxy) is 3. The first-order chi connectivity index (χ1) is 15.2. The number of nitrogen functional groups attached to an aromatic ring is 1. The molecule has 0 aliphatic rings. The fraction of sp³-hybridized carbons (Fsp3) is 0.429. The van der Waals surface area contributed by atoms with E-state index in [-0.39, 0.29) is 18.4 Å². The number of carbonyl (C=O) groups excluding carboxylic acids is 1. The zero-order chi connectivity index (χ0) is 23.3. The van der Waals surface area contributed by atoms with Gasteiger partial charge < -0.3 is 25.3 Å². The van der Waals surface area contributed by atoms with Crippen LogP contribution in [0.1, 0.15) is 32.8 Å². The minimum atomic E-state index is -0.540. The summed E-state index contributed by atoms with van der Waals surface area (Å²) in [5.74, 6) is 0.197. The number of hydrogen-bond acceptors (Lipinski definition) is 8. The molecule has 0 aliphatic carbocycles. The number of aromatic nitrogens is 4. The highest BCUT2D eigenvalue weighted by Gasteiger charge is 2.19. The lowest BCUT2D eigenvalue weighted by atomic mass is 10.2. The fourth-order valence-electron chi connectivity index (χ4n) is 2.90. The summed E-state index contributed by atoms with van der Waals surface area (Å²) in [6.07, 6.45) is 0.0733. The fourth-order valence-corrected chi connectivity index (χ4v) is 3.35. The molecular weight excluding hydrogens is 480 g/mol. The second-order valence-electron chi connectivity index (χ2n) is 8.01. The molecule has 0 radical (unpaired) electrons. The van der Waals surface area contributed by atoms with Gasteiger partial charge in [0.05, 0.1) is 20.3 Å². The van der Waals surface area contributed by atoms with E-state index in [1.54, 1.807) is 0 Å². The summed E-state index contributed by atoms with van der Waals surface area (Å²) in [6.45, 7) is 6.59. The minimum Gasteiger partial charge on any atom is -0.468 e. The minimum absolute atomic E-state index is 0.130. The van der Waals surface area contributed by atoms with Crippen molar-refractivity contribution in [3.8, 4) is 12.0 Å². The molecule has 2 aromatic heterocycles. The third-order valence-electron chi connectivity index (χ3n) is 4.20. The van der Waals surface area contributed by atoms with Crippen LogP contribution in [0.2, 0.25) is 0 Å². The Hall–Kier alpha value is -3.08. The molecule has 1 amide bonds. The van der Waals surface area contributed by atoms with Crippen LogP contribution in [0.15, 0.2) is 28.7 Å². The molecule has 0 aliphatic heterocycles. The standard InChI is InChI=1S/C21H27BrN6O4/c1-21(2,3)32-20(29)24-9-6-10-31-18-26-16(23)15-17(27-18)28(19(25-15)30-4)12-13-7-5-8-14(22)11-13/h5,7-8,11H,6,9-10,12H2,1-4H3,(H,24,29)(H2,23,26,27). The van der Waals surface area contributed by atoms with Crippen molar-refractivity contribution in [2.75, 3.05) is 26.0 Å². The number of hydrogen-bond donors (Lipinski definition) is 2. The van der Waals surface area contributed by atoms with E-state index in [0.717, 1.165) is 10.0 Å². The predicted octanol–water partition coefficient (Wildman–Crippen LogP) is 3.52. The van der Waals surface area contributed by atoms with E-state index in [2.05, 4.69) is 36.2 Å². The quantitative estimate of drug-likeness (QED) is 0.444. The van der Waals surface area contributed by atoms with Crippen molar-refractivity contribution in [2.45, 2.75) is 39.3 Å². The van der Waals surface area contributed by atoms with E-state index in [0.29, 0.717) is 36.7 Å². The molecule has 0 bridgehead atoms. The van der Waals surface area contributed by atoms with Gasteiger partial charge in [0.1, 0.15) is 5.60 Å². The van der Waals surface area contributed by atoms with Gasteiger partial charge in [-0.05, 0) is 44.9 Å². The molecule has 0 spiro atoms. The average molecular weight is 507 g/mol. The monoisotopic (exact) mass is 506 g/mol. The van der Waals surface area contributed by atoms with Gasteiger partial charge >= 0.3 is 12.1 Å². The number of alkyl carbamates (subject to hydrolysis) is 1. The second kappa shape index (κ2) is 10.0. The highest BCUT2D eigenvalue weighted by Crippen LogP contribution is 2.26. The zero-order valence-corrected chi connectivity index (χ0v) is 20.1. The van der Waals surface area contributed by atoms with Crippen molar-refractivity contribution in [1.29, 1.82) is 0 Å². The van der Waals surface area contributed by atoms with Crippen LogP contribution in [0.25, 0.3) is 11.2 Å². The number of amides is 1. The number of nitrogens with zero attached hydrogens (tertiary/aromatic N) is 4. The number of anilines is 1. The molecule has 10 nitrogen and oxygen atoms in total. The summed E-state index contributed by atoms with van der Waals surface area (Å²) in [5, 5.41) is 2.68. The lowest BCUT2D eigenvalue weighted by molar-refractivity contribution is 0.0525. The highest BCUT2D eigenvalue weighted by atomic mass is 79.9. The third kappa shape index (κ3) is 6.22. The van der Waals surface area contributed by atoms with Crippen molar-refractivity contribution in [2.24, 2.45) is 0 Å². The lowest BCUT2D eigenvalue weighted by Gasteiger charge is -2.19. The summed E-state index contributed by atoms with van der Waals surface area (Å²) in [7, 11) is 1.54. The molecule has 3 aromatic rings. The van der Waals surface area contributed by atoms with E-state index < -0.39 is 11.7 Å². The SMILES string of the molecule is COc1nc2c(N)nc(OCCCNC(=O)OC(C)(C)C)nc2n1Cc1cccc(Br)c1. The lowest BCUT2D eigenvalue weighted by Crippen LogP contribution is -2.33. The number of fused-ring (bicyclic) bond motifs is 1. The van der Waals surface area contributed by atoms with Crippen molar-refractivity contribution in [3.05, 3.63) is 34.3 Å². The highest BCUT2D eigenvalue weighted by molar-refractivity contribution is 9.10. The van der Waals surface area contributed by atoms with Crippen LogP contribution < -0.4 is 20.5 Å². The van der Waals surface area contributed by atoms with Gasteiger partial charge in [-0.15, -0.1) is 0 Å². The molecule has 2 heterocycles. The largest absolute Gasteiger partial charge is 0.468 e. The molecular formula is C21H27BrN6O4. The summed E-state index contributed by atoms with van der Waals surface area (Å²) < 4.78 is 19.1. The maximum absolute atomic E-state index is 11.7. The molecule has 32 heavy (non-hydrogen) atoms. The Morgan fingerprint density at radius 1 is 1.25 bits per heavy atom. The second-order valence-corrected chi connectivity index (χ2v) is 8.92. The third-order valence-corrected chi connectivity index (χ3v) is 4.69. The van der Waals surface area contributed by atoms with Crippen LogP contribution in [0.5, 0.6) is 12.0 Å². The van der Waals surface area contributed by atoms with Gasteiger partial charge in [-0.1, -0.05) is 28.1 Å². The van der Waals surface area contributed by atoms with Gasteiger partial charge in [-0.2, -0.15) is 15.0 Å². The number of rotatable bonds is 8. The normalized spacial score (nSPS) is 11.4. The van der Waals surface area contributed by atoms with Gasteiger partial charge in [0, 0.05) is 11.0 Å². The molecule has 0 fully saturated rings. The van der Waals surface area contributed by atoms with Crippen LogP contribution in [-0.4, -0.2) is 51.5 Å². The molecule has 3 N–H and O–H groups in total. The number of carbonyl (C=O) groups is 1. The molecule has 0 saturated heterocycles. The van der Waals surface area contributed by atoms with E-state index >= 15 is 0 Å². The first-order valence-corrected chi connectivity index (χ1v) is 10.9. The molecule has 1 aromatic carbocycles. The summed E-state index contributed by atoms with van der Waals surface area (Å²) in [6, 6.07) is 8.41. The van der Waals surface area contributed by atoms with Crippen molar-refractivity contribution in [1.82, 2.24) is 24.8 Å². The Bertz CT molecular complexity index is 1100. The van der Waals surface area contributed by atoms with Gasteiger partial charge in [-0.3, -0.25) is 4.57 Å². The smallest absolute Gasteiger partial charge is 0.407 e. The average Bonchev–Trinajstić information content (AvgIpc) is 3.04. The molecule has 11 heteroatoms.